The van der Waals surface area contributed by atoms with Crippen molar-refractivity contribution < 1.29 is 22.7 Å². The van der Waals surface area contributed by atoms with Crippen LogP contribution >= 0.6 is 0 Å². The predicted octanol–water partition coefficient (Wildman–Crippen LogP) is 2.17. The van der Waals surface area contributed by atoms with Crippen molar-refractivity contribution >= 4 is 15.6 Å². The Morgan fingerprint density at radius 3 is 2.48 bits per heavy atom. The molecule has 0 aliphatic carbocycles. The summed E-state index contributed by atoms with van der Waals surface area (Å²) in [6.07, 6.45) is 1.45. The predicted molar refractivity (Wildman–Crippen MR) is 97.4 cm³/mol. The molecule has 1 heterocycles. The monoisotopic (exact) mass is 369 g/mol. The Balaban J connectivity index is 2.19. The Hall–Kier alpha value is -1.60. The lowest BCUT2D eigenvalue weighted by molar-refractivity contribution is 0.0841. The molecule has 1 aliphatic heterocycles. The van der Waals surface area contributed by atoms with Crippen molar-refractivity contribution in [2.24, 2.45) is 0 Å². The van der Waals surface area contributed by atoms with E-state index >= 15 is 0 Å². The van der Waals surface area contributed by atoms with Gasteiger partial charge in [-0.05, 0) is 38.0 Å². The number of nitrogens with zero attached hydrogens (tertiary/aromatic N) is 1. The number of ketones is 1. The fourth-order valence-electron chi connectivity index (χ4n) is 3.18. The summed E-state index contributed by atoms with van der Waals surface area (Å²) in [5.74, 6) is 1.36. The van der Waals surface area contributed by atoms with E-state index in [4.69, 9.17) is 9.47 Å². The molecule has 0 amide bonds. The highest BCUT2D eigenvalue weighted by Crippen LogP contribution is 2.28. The summed E-state index contributed by atoms with van der Waals surface area (Å²) in [4.78, 5) is 14.8. The molecule has 2 atom stereocenters. The summed E-state index contributed by atoms with van der Waals surface area (Å²) in [5.41, 5.74) is 0.534. The number of hydrogen-bond acceptors (Lipinski definition) is 6. The highest BCUT2D eigenvalue weighted by atomic mass is 32.2. The summed E-state index contributed by atoms with van der Waals surface area (Å²) >= 11 is 0. The maximum Gasteiger partial charge on any atom is 0.176 e. The third-order valence-corrected chi connectivity index (χ3v) is 6.62. The van der Waals surface area contributed by atoms with Crippen LogP contribution in [-0.2, 0) is 9.84 Å². The van der Waals surface area contributed by atoms with Gasteiger partial charge in [-0.2, -0.15) is 0 Å². The Morgan fingerprint density at radius 1 is 1.28 bits per heavy atom. The maximum absolute atomic E-state index is 12.8. The molecular weight excluding hydrogens is 342 g/mol. The van der Waals surface area contributed by atoms with Gasteiger partial charge in [-0.3, -0.25) is 9.69 Å². The number of carbonyl (C=O) groups excluding carboxylic acids is 1. The van der Waals surface area contributed by atoms with E-state index in [0.717, 1.165) is 6.42 Å². The number of rotatable bonds is 8. The largest absolute Gasteiger partial charge is 0.493 e. The number of methoxy groups -OCH3 is 2. The van der Waals surface area contributed by atoms with Gasteiger partial charge in [0.1, 0.15) is 0 Å². The minimum Gasteiger partial charge on any atom is -0.493 e. The number of carbonyl (C=O) groups is 1. The second kappa shape index (κ2) is 8.19. The van der Waals surface area contributed by atoms with Crippen molar-refractivity contribution in [3.8, 4) is 11.5 Å². The van der Waals surface area contributed by atoms with Crippen LogP contribution in [0.4, 0.5) is 0 Å². The molecular formula is C18H27NO5S. The van der Waals surface area contributed by atoms with Crippen molar-refractivity contribution in [3.05, 3.63) is 23.8 Å². The second-order valence-corrected chi connectivity index (χ2v) is 8.71. The van der Waals surface area contributed by atoms with Gasteiger partial charge in [-0.25, -0.2) is 8.42 Å². The summed E-state index contributed by atoms with van der Waals surface area (Å²) in [6.45, 7) is 4.28. The number of benzene rings is 1. The van der Waals surface area contributed by atoms with Crippen LogP contribution in [0.5, 0.6) is 11.5 Å². The molecule has 1 saturated heterocycles. The SMILES string of the molecule is CC[C@@H](C)N(CC(=O)c1ccc(OC)c(OC)c1)[C@H]1CCS(=O)(=O)C1. The zero-order valence-corrected chi connectivity index (χ0v) is 16.1. The Labute approximate surface area is 150 Å². The summed E-state index contributed by atoms with van der Waals surface area (Å²) in [6, 6.07) is 5.14. The minimum atomic E-state index is -2.99. The topological polar surface area (TPSA) is 72.9 Å². The second-order valence-electron chi connectivity index (χ2n) is 6.48. The summed E-state index contributed by atoms with van der Waals surface area (Å²) in [5, 5.41) is 0. The molecule has 1 fully saturated rings. The molecule has 7 heteroatoms. The molecule has 2 rings (SSSR count). The van der Waals surface area contributed by atoms with Crippen LogP contribution in [0, 0.1) is 0 Å². The van der Waals surface area contributed by atoms with Crippen LogP contribution in [0.15, 0.2) is 18.2 Å². The lowest BCUT2D eigenvalue weighted by Gasteiger charge is -2.32. The zero-order chi connectivity index (χ0) is 18.6. The van der Waals surface area contributed by atoms with E-state index in [1.165, 1.54) is 7.11 Å². The van der Waals surface area contributed by atoms with Gasteiger partial charge < -0.3 is 9.47 Å². The molecule has 25 heavy (non-hydrogen) atoms. The molecule has 0 unspecified atom stereocenters. The van der Waals surface area contributed by atoms with Crippen LogP contribution in [0.25, 0.3) is 0 Å². The van der Waals surface area contributed by atoms with E-state index in [9.17, 15) is 13.2 Å². The maximum atomic E-state index is 12.8. The first-order chi connectivity index (χ1) is 11.8. The lowest BCUT2D eigenvalue weighted by Crippen LogP contribution is -2.45. The fourth-order valence-corrected chi connectivity index (χ4v) is 4.93. The third kappa shape index (κ3) is 4.73. The van der Waals surface area contributed by atoms with Crippen LogP contribution in [0.3, 0.4) is 0 Å². The molecule has 0 N–H and O–H groups in total. The summed E-state index contributed by atoms with van der Waals surface area (Å²) < 4.78 is 34.1. The van der Waals surface area contributed by atoms with E-state index < -0.39 is 9.84 Å². The van der Waals surface area contributed by atoms with Gasteiger partial charge in [0.25, 0.3) is 0 Å². The van der Waals surface area contributed by atoms with Gasteiger partial charge in [0.15, 0.2) is 27.1 Å². The number of sulfone groups is 1. The Kier molecular flexibility index (Phi) is 6.46. The lowest BCUT2D eigenvalue weighted by atomic mass is 10.1. The van der Waals surface area contributed by atoms with Gasteiger partial charge in [-0.15, -0.1) is 0 Å². The molecule has 1 aliphatic rings. The van der Waals surface area contributed by atoms with Crippen molar-refractivity contribution in [2.45, 2.75) is 38.8 Å². The molecule has 0 bridgehead atoms. The quantitative estimate of drug-likeness (QED) is 0.654. The van der Waals surface area contributed by atoms with Gasteiger partial charge in [0.2, 0.25) is 0 Å². The van der Waals surface area contributed by atoms with Crippen LogP contribution in [0.1, 0.15) is 37.0 Å². The molecule has 0 radical (unpaired) electrons. The van der Waals surface area contributed by atoms with Crippen LogP contribution < -0.4 is 9.47 Å². The smallest absolute Gasteiger partial charge is 0.176 e. The van der Waals surface area contributed by atoms with Crippen molar-refractivity contribution in [2.75, 3.05) is 32.3 Å². The average molecular weight is 369 g/mol. The highest BCUT2D eigenvalue weighted by Gasteiger charge is 2.35. The first kappa shape index (κ1) is 19.7. The van der Waals surface area contributed by atoms with Crippen molar-refractivity contribution in [3.63, 3.8) is 0 Å². The third-order valence-electron chi connectivity index (χ3n) is 4.87. The molecule has 0 saturated carbocycles. The van der Waals surface area contributed by atoms with Gasteiger partial charge in [0.05, 0.1) is 32.3 Å². The normalized spacial score (nSPS) is 20.4. The molecule has 0 spiro atoms. The van der Waals surface area contributed by atoms with Gasteiger partial charge >= 0.3 is 0 Å². The summed E-state index contributed by atoms with van der Waals surface area (Å²) in [7, 11) is 0.0831. The van der Waals surface area contributed by atoms with Crippen LogP contribution in [0.2, 0.25) is 0 Å². The van der Waals surface area contributed by atoms with Crippen molar-refractivity contribution in [1.29, 1.82) is 0 Å². The number of hydrogen-bond donors (Lipinski definition) is 0. The van der Waals surface area contributed by atoms with Crippen LogP contribution in [-0.4, -0.2) is 63.5 Å². The molecule has 1 aromatic carbocycles. The zero-order valence-electron chi connectivity index (χ0n) is 15.3. The van der Waals surface area contributed by atoms with E-state index in [1.54, 1.807) is 25.3 Å². The Morgan fingerprint density at radius 2 is 1.96 bits per heavy atom. The Bertz CT molecular complexity index is 716. The van der Waals surface area contributed by atoms with Gasteiger partial charge in [-0.1, -0.05) is 6.92 Å². The number of ether oxygens (including phenoxy) is 2. The van der Waals surface area contributed by atoms with E-state index in [1.807, 2.05) is 18.7 Å². The average Bonchev–Trinajstić information content (AvgIpc) is 2.97. The standard InChI is InChI=1S/C18H27NO5S/c1-5-13(2)19(15-8-9-25(21,22)12-15)11-16(20)14-6-7-17(23-3)18(10-14)24-4/h6-7,10,13,15H,5,8-9,11-12H2,1-4H3/t13-,15+/m1/s1. The van der Waals surface area contributed by atoms with Crippen molar-refractivity contribution in [1.82, 2.24) is 4.90 Å². The van der Waals surface area contributed by atoms with Gasteiger partial charge in [0, 0.05) is 17.6 Å². The highest BCUT2D eigenvalue weighted by molar-refractivity contribution is 7.91. The molecule has 6 nitrogen and oxygen atoms in total. The van der Waals surface area contributed by atoms with E-state index in [2.05, 4.69) is 0 Å². The fraction of sp³-hybridized carbons (Fsp3) is 0.611. The van der Waals surface area contributed by atoms with E-state index in [0.29, 0.717) is 23.5 Å². The van der Waals surface area contributed by atoms with E-state index in [-0.39, 0.29) is 35.9 Å². The molecule has 140 valence electrons. The molecule has 0 aromatic heterocycles. The first-order valence-corrected chi connectivity index (χ1v) is 10.3. The first-order valence-electron chi connectivity index (χ1n) is 8.52. The minimum absolute atomic E-state index is 0.0504. The molecule has 1 aromatic rings. The number of Topliss-reactive ketones (excluding diaryl/α,β-unsaturated/α-hetero) is 1.